The van der Waals surface area contributed by atoms with Gasteiger partial charge in [0.2, 0.25) is 0 Å². The second-order valence-corrected chi connectivity index (χ2v) is 6.31. The Hall–Kier alpha value is -3.21. The van der Waals surface area contributed by atoms with E-state index in [0.717, 1.165) is 22.8 Å². The van der Waals surface area contributed by atoms with Crippen LogP contribution in [0, 0.1) is 25.5 Å². The lowest BCUT2D eigenvalue weighted by molar-refractivity contribution is 0.102. The van der Waals surface area contributed by atoms with Crippen molar-refractivity contribution < 1.29 is 18.3 Å². The first-order valence-electron chi connectivity index (χ1n) is 8.48. The van der Waals surface area contributed by atoms with Crippen molar-refractivity contribution in [3.05, 3.63) is 94.6 Å². The number of benzene rings is 3. The van der Waals surface area contributed by atoms with Crippen LogP contribution in [-0.2, 0) is 6.61 Å². The monoisotopic (exact) mass is 367 g/mol. The first-order chi connectivity index (χ1) is 12.9. The molecule has 138 valence electrons. The Kier molecular flexibility index (Phi) is 5.50. The predicted octanol–water partition coefficient (Wildman–Crippen LogP) is 5.41. The van der Waals surface area contributed by atoms with Crippen molar-refractivity contribution in [2.45, 2.75) is 20.5 Å². The van der Waals surface area contributed by atoms with Crippen molar-refractivity contribution >= 4 is 11.6 Å². The highest BCUT2D eigenvalue weighted by Crippen LogP contribution is 2.23. The number of hydrogen-bond acceptors (Lipinski definition) is 2. The van der Waals surface area contributed by atoms with Crippen LogP contribution in [0.1, 0.15) is 27.0 Å². The van der Waals surface area contributed by atoms with Gasteiger partial charge in [0.05, 0.1) is 5.56 Å². The average molecular weight is 367 g/mol. The van der Waals surface area contributed by atoms with Crippen LogP contribution >= 0.6 is 0 Å². The van der Waals surface area contributed by atoms with Crippen LogP contribution in [0.5, 0.6) is 5.75 Å². The molecule has 3 aromatic rings. The number of carbonyl (C=O) groups excluding carboxylic acids is 1. The normalized spacial score (nSPS) is 10.5. The Balaban J connectivity index is 1.69. The molecule has 0 aliphatic heterocycles. The zero-order chi connectivity index (χ0) is 19.4. The maximum Gasteiger partial charge on any atom is 0.258 e. The standard InChI is InChI=1S/C22H19F2NO2/c1-14-5-3-6-16(11-14)13-27-17-9-10-20(15(2)12-17)25-22(26)18-7-4-8-19(23)21(18)24/h3-12H,13H2,1-2H3,(H,25,26). The van der Waals surface area contributed by atoms with Crippen molar-refractivity contribution in [3.8, 4) is 5.75 Å². The van der Waals surface area contributed by atoms with E-state index < -0.39 is 17.5 Å². The van der Waals surface area contributed by atoms with Gasteiger partial charge in [-0.25, -0.2) is 8.78 Å². The molecule has 0 atom stereocenters. The maximum atomic E-state index is 13.8. The summed E-state index contributed by atoms with van der Waals surface area (Å²) < 4.78 is 32.8. The average Bonchev–Trinajstić information content (AvgIpc) is 2.64. The molecule has 0 spiro atoms. The second kappa shape index (κ2) is 7.99. The molecule has 0 unspecified atom stereocenters. The summed E-state index contributed by atoms with van der Waals surface area (Å²) in [4.78, 5) is 12.2. The second-order valence-electron chi connectivity index (χ2n) is 6.31. The molecule has 0 aliphatic rings. The minimum Gasteiger partial charge on any atom is -0.489 e. The van der Waals surface area contributed by atoms with Crippen molar-refractivity contribution in [1.82, 2.24) is 0 Å². The molecule has 0 aromatic heterocycles. The number of aryl methyl sites for hydroxylation is 2. The first kappa shape index (κ1) is 18.6. The van der Waals surface area contributed by atoms with Crippen molar-refractivity contribution in [2.24, 2.45) is 0 Å². The topological polar surface area (TPSA) is 38.3 Å². The number of ether oxygens (including phenoxy) is 1. The summed E-state index contributed by atoms with van der Waals surface area (Å²) in [5.41, 5.74) is 3.14. The van der Waals surface area contributed by atoms with E-state index in [1.165, 1.54) is 12.1 Å². The zero-order valence-corrected chi connectivity index (χ0v) is 15.1. The Labute approximate surface area is 156 Å². The van der Waals surface area contributed by atoms with Crippen LogP contribution in [-0.4, -0.2) is 5.91 Å². The third-order valence-corrected chi connectivity index (χ3v) is 4.13. The molecule has 1 N–H and O–H groups in total. The van der Waals surface area contributed by atoms with E-state index in [1.807, 2.05) is 25.1 Å². The lowest BCUT2D eigenvalue weighted by Gasteiger charge is -2.12. The third-order valence-electron chi connectivity index (χ3n) is 4.13. The summed E-state index contributed by atoms with van der Waals surface area (Å²) in [6.07, 6.45) is 0. The molecule has 0 heterocycles. The van der Waals surface area contributed by atoms with E-state index in [2.05, 4.69) is 11.4 Å². The summed E-state index contributed by atoms with van der Waals surface area (Å²) in [6, 6.07) is 16.7. The van der Waals surface area contributed by atoms with E-state index >= 15 is 0 Å². The lowest BCUT2D eigenvalue weighted by Crippen LogP contribution is -2.15. The van der Waals surface area contributed by atoms with Crippen LogP contribution < -0.4 is 10.1 Å². The quantitative estimate of drug-likeness (QED) is 0.654. The minimum absolute atomic E-state index is 0.339. The molecule has 0 saturated carbocycles. The molecule has 0 saturated heterocycles. The van der Waals surface area contributed by atoms with Gasteiger partial charge in [0, 0.05) is 5.69 Å². The molecule has 3 rings (SSSR count). The molecule has 0 aliphatic carbocycles. The van der Waals surface area contributed by atoms with Crippen LogP contribution in [0.3, 0.4) is 0 Å². The van der Waals surface area contributed by atoms with Gasteiger partial charge in [-0.2, -0.15) is 0 Å². The van der Waals surface area contributed by atoms with Gasteiger partial charge in [-0.15, -0.1) is 0 Å². The zero-order valence-electron chi connectivity index (χ0n) is 15.1. The van der Waals surface area contributed by atoms with Gasteiger partial charge in [-0.1, -0.05) is 35.9 Å². The van der Waals surface area contributed by atoms with Gasteiger partial charge in [0.25, 0.3) is 5.91 Å². The lowest BCUT2D eigenvalue weighted by atomic mass is 10.1. The van der Waals surface area contributed by atoms with Crippen LogP contribution in [0.2, 0.25) is 0 Å². The predicted molar refractivity (Wildman–Crippen MR) is 101 cm³/mol. The molecule has 3 aromatic carbocycles. The van der Waals surface area contributed by atoms with E-state index in [4.69, 9.17) is 4.74 Å². The molecule has 3 nitrogen and oxygen atoms in total. The Morgan fingerprint density at radius 1 is 1.00 bits per heavy atom. The Morgan fingerprint density at radius 2 is 1.78 bits per heavy atom. The number of halogens is 2. The summed E-state index contributed by atoms with van der Waals surface area (Å²) in [5, 5.41) is 2.60. The number of nitrogens with one attached hydrogen (secondary N) is 1. The van der Waals surface area contributed by atoms with Gasteiger partial charge in [-0.3, -0.25) is 4.79 Å². The highest BCUT2D eigenvalue weighted by atomic mass is 19.2. The van der Waals surface area contributed by atoms with Gasteiger partial charge >= 0.3 is 0 Å². The van der Waals surface area contributed by atoms with E-state index in [0.29, 0.717) is 18.0 Å². The summed E-state index contributed by atoms with van der Waals surface area (Å²) in [5.74, 6) is -2.27. The molecule has 5 heteroatoms. The Bertz CT molecular complexity index is 986. The van der Waals surface area contributed by atoms with Gasteiger partial charge in [0.1, 0.15) is 12.4 Å². The molecule has 0 radical (unpaired) electrons. The van der Waals surface area contributed by atoms with E-state index in [9.17, 15) is 13.6 Å². The Morgan fingerprint density at radius 3 is 2.52 bits per heavy atom. The number of anilines is 1. The number of rotatable bonds is 5. The van der Waals surface area contributed by atoms with Crippen molar-refractivity contribution in [3.63, 3.8) is 0 Å². The molecular weight excluding hydrogens is 348 g/mol. The summed E-state index contributed by atoms with van der Waals surface area (Å²) in [7, 11) is 0. The fraction of sp³-hybridized carbons (Fsp3) is 0.136. The smallest absolute Gasteiger partial charge is 0.258 e. The van der Waals surface area contributed by atoms with Gasteiger partial charge in [0.15, 0.2) is 11.6 Å². The first-order valence-corrected chi connectivity index (χ1v) is 8.48. The van der Waals surface area contributed by atoms with Gasteiger partial charge in [-0.05, 0) is 55.3 Å². The molecule has 0 fully saturated rings. The van der Waals surface area contributed by atoms with Crippen molar-refractivity contribution in [1.29, 1.82) is 0 Å². The number of hydrogen-bond donors (Lipinski definition) is 1. The summed E-state index contributed by atoms with van der Waals surface area (Å²) >= 11 is 0. The third kappa shape index (κ3) is 4.50. The highest BCUT2D eigenvalue weighted by Gasteiger charge is 2.16. The van der Waals surface area contributed by atoms with Crippen LogP contribution in [0.15, 0.2) is 60.7 Å². The van der Waals surface area contributed by atoms with Crippen LogP contribution in [0.4, 0.5) is 14.5 Å². The van der Waals surface area contributed by atoms with Gasteiger partial charge < -0.3 is 10.1 Å². The maximum absolute atomic E-state index is 13.8. The summed E-state index contributed by atoms with van der Waals surface area (Å²) in [6.45, 7) is 4.25. The number of carbonyl (C=O) groups is 1. The fourth-order valence-electron chi connectivity index (χ4n) is 2.70. The highest BCUT2D eigenvalue weighted by molar-refractivity contribution is 6.04. The molecule has 1 amide bonds. The van der Waals surface area contributed by atoms with E-state index in [1.54, 1.807) is 25.1 Å². The molecule has 27 heavy (non-hydrogen) atoms. The van der Waals surface area contributed by atoms with Crippen LogP contribution in [0.25, 0.3) is 0 Å². The fourth-order valence-corrected chi connectivity index (χ4v) is 2.70. The van der Waals surface area contributed by atoms with E-state index in [-0.39, 0.29) is 5.56 Å². The molecule has 0 bridgehead atoms. The SMILES string of the molecule is Cc1cccc(COc2ccc(NC(=O)c3cccc(F)c3F)c(C)c2)c1. The minimum atomic E-state index is -1.16. The largest absolute Gasteiger partial charge is 0.489 e. The molecular formula is C22H19F2NO2. The van der Waals surface area contributed by atoms with Crippen molar-refractivity contribution in [2.75, 3.05) is 5.32 Å². The number of amides is 1.